The highest BCUT2D eigenvalue weighted by Crippen LogP contribution is 2.27. The zero-order valence-electron chi connectivity index (χ0n) is 10.1. The fraction of sp³-hybridized carbons (Fsp3) is 0.0714. The monoisotopic (exact) mass is 495 g/mol. The molecule has 1 N–H and O–H groups in total. The van der Waals surface area contributed by atoms with E-state index in [4.69, 9.17) is 9.84 Å². The van der Waals surface area contributed by atoms with Gasteiger partial charge in [0.1, 0.15) is 12.4 Å². The molecule has 0 bridgehead atoms. The fourth-order valence-electron chi connectivity index (χ4n) is 1.60. The number of carboxylic acid groups (broad SMARTS) is 1. The van der Waals surface area contributed by atoms with Crippen molar-refractivity contribution in [2.24, 2.45) is 0 Å². The third kappa shape index (κ3) is 3.75. The second kappa shape index (κ2) is 6.61. The summed E-state index contributed by atoms with van der Waals surface area (Å²) in [6, 6.07) is 10.6. The summed E-state index contributed by atoms with van der Waals surface area (Å²) in [6.07, 6.45) is 0. The Labute approximate surface area is 143 Å². The maximum absolute atomic E-state index is 11.7. The Bertz CT molecular complexity index is 615. The van der Waals surface area contributed by atoms with Gasteiger partial charge >= 0.3 is 5.97 Å². The quantitative estimate of drug-likeness (QED) is 0.662. The maximum Gasteiger partial charge on any atom is 0.336 e. The lowest BCUT2D eigenvalue weighted by Crippen LogP contribution is -2.07. The number of halogens is 2. The number of carboxylic acids is 1. The van der Waals surface area contributed by atoms with Gasteiger partial charge in [-0.25, -0.2) is 4.79 Å². The number of rotatable bonds is 4. The van der Waals surface area contributed by atoms with Gasteiger partial charge in [-0.05, 0) is 75.0 Å². The molecule has 2 aromatic carbocycles. The Morgan fingerprint density at radius 1 is 1.20 bits per heavy atom. The minimum atomic E-state index is -1.22. The highest BCUT2D eigenvalue weighted by atomic mass is 127. The van der Waals surface area contributed by atoms with Crippen LogP contribution < -0.4 is 9.84 Å². The molecule has 0 aliphatic heterocycles. The van der Waals surface area contributed by atoms with Crippen molar-refractivity contribution in [1.82, 2.24) is 0 Å². The molecule has 0 fully saturated rings. The van der Waals surface area contributed by atoms with Gasteiger partial charge in [0.2, 0.25) is 0 Å². The van der Waals surface area contributed by atoms with Crippen LogP contribution >= 0.6 is 45.2 Å². The van der Waals surface area contributed by atoms with Crippen LogP contribution in [-0.2, 0) is 6.61 Å². The molecule has 4 nitrogen and oxygen atoms in total. The number of benzene rings is 2. The van der Waals surface area contributed by atoms with E-state index >= 15 is 0 Å². The number of ether oxygens (including phenoxy) is 1. The summed E-state index contributed by atoms with van der Waals surface area (Å²) in [5.41, 5.74) is 0.766. The summed E-state index contributed by atoms with van der Waals surface area (Å²) < 4.78 is 7.04. The molecule has 0 amide bonds. The predicted octanol–water partition coefficient (Wildman–Crippen LogP) is 3.25. The molecule has 0 aliphatic rings. The van der Waals surface area contributed by atoms with Crippen molar-refractivity contribution >= 4 is 51.2 Å². The summed E-state index contributed by atoms with van der Waals surface area (Å²) in [5, 5.41) is 20.6. The first kappa shape index (κ1) is 15.4. The molecule has 0 saturated heterocycles. The van der Waals surface area contributed by atoms with Crippen LogP contribution in [0.4, 0.5) is 0 Å². The van der Waals surface area contributed by atoms with Gasteiger partial charge in [-0.15, -0.1) is 0 Å². The smallest absolute Gasteiger partial charge is 0.336 e. The lowest BCUT2D eigenvalue weighted by atomic mass is 10.2. The van der Waals surface area contributed by atoms with Gasteiger partial charge < -0.3 is 14.9 Å². The van der Waals surface area contributed by atoms with E-state index in [1.54, 1.807) is 6.07 Å². The summed E-state index contributed by atoms with van der Waals surface area (Å²) >= 11 is 4.04. The molecule has 0 aromatic heterocycles. The van der Waals surface area contributed by atoms with Crippen molar-refractivity contribution in [2.75, 3.05) is 0 Å². The molecule has 0 atom stereocenters. The van der Waals surface area contributed by atoms with E-state index < -0.39 is 11.7 Å². The molecule has 0 saturated carbocycles. The van der Waals surface area contributed by atoms with E-state index in [-0.39, 0.29) is 5.56 Å². The number of hydrogen-bond donors (Lipinski definition) is 1. The molecule has 0 radical (unpaired) electrons. The van der Waals surface area contributed by atoms with Crippen LogP contribution in [0.25, 0.3) is 0 Å². The largest absolute Gasteiger partial charge is 0.872 e. The van der Waals surface area contributed by atoms with Crippen molar-refractivity contribution in [3.63, 3.8) is 0 Å². The standard InChI is InChI=1S/C14H10I2O4/c15-9-3-1-8(2-4-9)7-20-10-5-11(16)13(14(18)19)12(17)6-10/h1-6,17H,7H2,(H,18,19)/p-1. The Balaban J connectivity index is 2.14. The lowest BCUT2D eigenvalue weighted by molar-refractivity contribution is -0.269. The van der Waals surface area contributed by atoms with Gasteiger partial charge in [0.25, 0.3) is 0 Å². The second-order valence-corrected chi connectivity index (χ2v) is 6.41. The predicted molar refractivity (Wildman–Crippen MR) is 89.1 cm³/mol. The summed E-state index contributed by atoms with van der Waals surface area (Å²) in [5.74, 6) is -1.38. The minimum absolute atomic E-state index is 0.216. The SMILES string of the molecule is O=C(O)c1c([O-])cc(OCc2ccc(I)cc2)cc1I. The van der Waals surface area contributed by atoms with Gasteiger partial charge in [-0.3, -0.25) is 0 Å². The first-order chi connectivity index (χ1) is 9.47. The average Bonchev–Trinajstić information content (AvgIpc) is 2.37. The summed E-state index contributed by atoms with van der Waals surface area (Å²) in [6.45, 7) is 0.332. The van der Waals surface area contributed by atoms with Crippen molar-refractivity contribution in [3.05, 3.63) is 54.7 Å². The molecule has 0 unspecified atom stereocenters. The van der Waals surface area contributed by atoms with Gasteiger partial charge in [0, 0.05) is 7.14 Å². The second-order valence-electron chi connectivity index (χ2n) is 4.00. The Kier molecular flexibility index (Phi) is 5.08. The normalized spacial score (nSPS) is 10.3. The molecular weight excluding hydrogens is 486 g/mol. The summed E-state index contributed by atoms with van der Waals surface area (Å²) in [4.78, 5) is 10.9. The van der Waals surface area contributed by atoms with Crippen LogP contribution in [0.2, 0.25) is 0 Å². The van der Waals surface area contributed by atoms with E-state index in [2.05, 4.69) is 22.6 Å². The molecule has 2 aromatic rings. The van der Waals surface area contributed by atoms with Crippen LogP contribution in [0.15, 0.2) is 36.4 Å². The van der Waals surface area contributed by atoms with E-state index in [0.717, 1.165) is 9.13 Å². The van der Waals surface area contributed by atoms with E-state index in [9.17, 15) is 9.90 Å². The highest BCUT2D eigenvalue weighted by Gasteiger charge is 2.11. The Morgan fingerprint density at radius 2 is 1.85 bits per heavy atom. The topological polar surface area (TPSA) is 69.6 Å². The van der Waals surface area contributed by atoms with Crippen molar-refractivity contribution in [2.45, 2.75) is 6.61 Å². The average molecular weight is 495 g/mol. The Morgan fingerprint density at radius 3 is 2.40 bits per heavy atom. The highest BCUT2D eigenvalue weighted by molar-refractivity contribution is 14.1. The lowest BCUT2D eigenvalue weighted by Gasteiger charge is -2.15. The molecule has 104 valence electrons. The zero-order chi connectivity index (χ0) is 14.7. The van der Waals surface area contributed by atoms with Crippen LogP contribution in [0.3, 0.4) is 0 Å². The van der Waals surface area contributed by atoms with Gasteiger partial charge in [-0.2, -0.15) is 0 Å². The first-order valence-corrected chi connectivity index (χ1v) is 7.74. The molecular formula is C14H9I2O4-. The minimum Gasteiger partial charge on any atom is -0.872 e. The van der Waals surface area contributed by atoms with Crippen LogP contribution in [0.5, 0.6) is 11.5 Å². The molecule has 6 heteroatoms. The van der Waals surface area contributed by atoms with Crippen molar-refractivity contribution < 1.29 is 19.7 Å². The zero-order valence-corrected chi connectivity index (χ0v) is 14.4. The van der Waals surface area contributed by atoms with Crippen LogP contribution in [-0.4, -0.2) is 11.1 Å². The third-order valence-corrected chi connectivity index (χ3v) is 4.13. The molecule has 2 rings (SSSR count). The fourth-order valence-corrected chi connectivity index (χ4v) is 2.76. The first-order valence-electron chi connectivity index (χ1n) is 5.58. The van der Waals surface area contributed by atoms with E-state index in [0.29, 0.717) is 15.9 Å². The Hall–Kier alpha value is -1.03. The molecule has 0 spiro atoms. The van der Waals surface area contributed by atoms with Crippen molar-refractivity contribution in [3.8, 4) is 11.5 Å². The maximum atomic E-state index is 11.7. The van der Waals surface area contributed by atoms with Crippen molar-refractivity contribution in [1.29, 1.82) is 0 Å². The molecule has 20 heavy (non-hydrogen) atoms. The van der Waals surface area contributed by atoms with Gasteiger partial charge in [0.05, 0.1) is 5.56 Å². The van der Waals surface area contributed by atoms with Gasteiger partial charge in [0.15, 0.2) is 0 Å². The summed E-state index contributed by atoms with van der Waals surface area (Å²) in [7, 11) is 0. The van der Waals surface area contributed by atoms with Gasteiger partial charge in [-0.1, -0.05) is 17.9 Å². The molecule has 0 heterocycles. The number of hydrogen-bond acceptors (Lipinski definition) is 3. The van der Waals surface area contributed by atoms with E-state index in [1.807, 2.05) is 46.9 Å². The van der Waals surface area contributed by atoms with Crippen LogP contribution in [0.1, 0.15) is 15.9 Å². The number of aromatic carboxylic acids is 1. The molecule has 0 aliphatic carbocycles. The third-order valence-electron chi connectivity index (χ3n) is 2.56. The number of carbonyl (C=O) groups is 1. The van der Waals surface area contributed by atoms with E-state index in [1.165, 1.54) is 6.07 Å². The van der Waals surface area contributed by atoms with Crippen LogP contribution in [0, 0.1) is 7.14 Å².